The number of carbonyl (C=O) groups excluding carboxylic acids is 1. The van der Waals surface area contributed by atoms with Crippen LogP contribution in [0, 0.1) is 0 Å². The molecule has 2 atom stereocenters. The van der Waals surface area contributed by atoms with Crippen LogP contribution in [0.5, 0.6) is 5.75 Å². The highest BCUT2D eigenvalue weighted by molar-refractivity contribution is 5.75. The van der Waals surface area contributed by atoms with Gasteiger partial charge < -0.3 is 20.5 Å². The van der Waals surface area contributed by atoms with Gasteiger partial charge in [-0.1, -0.05) is 32.9 Å². The molecule has 2 aliphatic heterocycles. The minimum absolute atomic E-state index is 0.00812. The molecule has 174 valence electrons. The lowest BCUT2D eigenvalue weighted by Gasteiger charge is -2.39. The summed E-state index contributed by atoms with van der Waals surface area (Å²) in [4.78, 5) is 18.5. The molecule has 2 heterocycles. The quantitative estimate of drug-likeness (QED) is 0.708. The topological polar surface area (TPSA) is 82.3 Å². The van der Waals surface area contributed by atoms with E-state index in [0.717, 1.165) is 75.5 Å². The van der Waals surface area contributed by atoms with Crippen LogP contribution in [0.15, 0.2) is 18.2 Å². The zero-order valence-electron chi connectivity index (χ0n) is 19.6. The molecule has 2 fully saturated rings. The minimum atomic E-state index is -0.472. The van der Waals surface area contributed by atoms with Gasteiger partial charge >= 0.3 is 0 Å². The van der Waals surface area contributed by atoms with E-state index in [1.165, 1.54) is 0 Å². The number of aliphatic hydroxyl groups excluding tert-OH is 1. The number of ether oxygens (including phenoxy) is 1. The van der Waals surface area contributed by atoms with Crippen molar-refractivity contribution < 1.29 is 14.6 Å². The third-order valence-corrected chi connectivity index (χ3v) is 6.63. The largest absolute Gasteiger partial charge is 0.483 e. The molecule has 7 heteroatoms. The third-order valence-electron chi connectivity index (χ3n) is 6.63. The van der Waals surface area contributed by atoms with Crippen LogP contribution >= 0.6 is 0 Å². The van der Waals surface area contributed by atoms with Gasteiger partial charge in [0.05, 0.1) is 6.10 Å². The van der Waals surface area contributed by atoms with Crippen molar-refractivity contribution in [1.82, 2.24) is 14.7 Å². The van der Waals surface area contributed by atoms with Crippen molar-refractivity contribution in [3.8, 4) is 5.75 Å². The number of likely N-dealkylation sites (N-methyl/N-ethyl adjacent to an activating group) is 1. The summed E-state index contributed by atoms with van der Waals surface area (Å²) in [5.74, 6) is 0.256. The predicted octanol–water partition coefficient (Wildman–Crippen LogP) is 1.42. The van der Waals surface area contributed by atoms with E-state index in [1.54, 1.807) is 0 Å². The molecule has 1 amide bonds. The maximum atomic E-state index is 11.3. The Kier molecular flexibility index (Phi) is 7.97. The molecule has 1 aromatic carbocycles. The van der Waals surface area contributed by atoms with Gasteiger partial charge in [0.1, 0.15) is 5.75 Å². The van der Waals surface area contributed by atoms with Crippen molar-refractivity contribution in [2.24, 2.45) is 5.73 Å². The van der Waals surface area contributed by atoms with Gasteiger partial charge in [0.15, 0.2) is 6.61 Å². The second-order valence-electron chi connectivity index (χ2n) is 10.2. The van der Waals surface area contributed by atoms with Crippen molar-refractivity contribution in [1.29, 1.82) is 0 Å². The van der Waals surface area contributed by atoms with E-state index in [1.807, 2.05) is 6.07 Å². The molecule has 0 aliphatic carbocycles. The minimum Gasteiger partial charge on any atom is -0.483 e. The first-order valence-electron chi connectivity index (χ1n) is 11.5. The van der Waals surface area contributed by atoms with E-state index in [4.69, 9.17) is 10.5 Å². The average molecular weight is 433 g/mol. The van der Waals surface area contributed by atoms with Gasteiger partial charge in [-0.05, 0) is 36.9 Å². The molecule has 7 nitrogen and oxygen atoms in total. The summed E-state index contributed by atoms with van der Waals surface area (Å²) in [5, 5.41) is 10.8. The Bertz CT molecular complexity index is 741. The number of carbonyl (C=O) groups is 1. The van der Waals surface area contributed by atoms with Crippen molar-refractivity contribution in [3.05, 3.63) is 29.3 Å². The number of hydrogen-bond acceptors (Lipinski definition) is 6. The Balaban J connectivity index is 1.69. The fourth-order valence-electron chi connectivity index (χ4n) is 4.54. The summed E-state index contributed by atoms with van der Waals surface area (Å²) in [7, 11) is 2.16. The lowest BCUT2D eigenvalue weighted by Crippen LogP contribution is -2.52. The van der Waals surface area contributed by atoms with Gasteiger partial charge in [-0.25, -0.2) is 0 Å². The molecule has 0 aromatic heterocycles. The number of nitrogens with zero attached hydrogens (tertiary/aromatic N) is 3. The SMILES string of the molecule is CN1CCN([C@H]2CCN(Cc3ccc(C(C)(C)C)cc3OCC(N)=O)CC[C@@H]2O)CC1. The summed E-state index contributed by atoms with van der Waals surface area (Å²) in [6.07, 6.45) is 1.44. The van der Waals surface area contributed by atoms with E-state index in [-0.39, 0.29) is 24.2 Å². The molecule has 3 rings (SSSR count). The molecule has 2 saturated heterocycles. The molecular formula is C24H40N4O3. The van der Waals surface area contributed by atoms with E-state index >= 15 is 0 Å². The van der Waals surface area contributed by atoms with E-state index < -0.39 is 5.91 Å². The molecule has 0 saturated carbocycles. The van der Waals surface area contributed by atoms with E-state index in [2.05, 4.69) is 54.7 Å². The highest BCUT2D eigenvalue weighted by Crippen LogP contribution is 2.30. The fraction of sp³-hybridized carbons (Fsp3) is 0.708. The van der Waals surface area contributed by atoms with Crippen LogP contribution in [-0.2, 0) is 16.8 Å². The molecule has 1 aromatic rings. The molecule has 0 bridgehead atoms. The van der Waals surface area contributed by atoms with Crippen LogP contribution in [0.4, 0.5) is 0 Å². The molecule has 3 N–H and O–H groups in total. The summed E-state index contributed by atoms with van der Waals surface area (Å²) >= 11 is 0. The fourth-order valence-corrected chi connectivity index (χ4v) is 4.54. The second-order valence-corrected chi connectivity index (χ2v) is 10.2. The Hall–Kier alpha value is -1.67. The highest BCUT2D eigenvalue weighted by Gasteiger charge is 2.31. The summed E-state index contributed by atoms with van der Waals surface area (Å²) in [5.41, 5.74) is 7.53. The van der Waals surface area contributed by atoms with Crippen molar-refractivity contribution in [2.75, 3.05) is 52.9 Å². The first-order valence-corrected chi connectivity index (χ1v) is 11.5. The zero-order valence-corrected chi connectivity index (χ0v) is 19.6. The number of hydrogen-bond donors (Lipinski definition) is 2. The first kappa shape index (κ1) is 24.0. The lowest BCUT2D eigenvalue weighted by atomic mass is 9.86. The Morgan fingerprint density at radius 2 is 1.81 bits per heavy atom. The Labute approximate surface area is 187 Å². The van der Waals surface area contributed by atoms with Crippen LogP contribution < -0.4 is 10.5 Å². The Morgan fingerprint density at radius 3 is 2.45 bits per heavy atom. The Morgan fingerprint density at radius 1 is 1.13 bits per heavy atom. The van der Waals surface area contributed by atoms with Crippen LogP contribution in [0.1, 0.15) is 44.7 Å². The van der Waals surface area contributed by atoms with Gasteiger partial charge in [0.25, 0.3) is 5.91 Å². The number of piperazine rings is 1. The second kappa shape index (κ2) is 10.3. The first-order chi connectivity index (χ1) is 14.6. The number of rotatable bonds is 6. The van der Waals surface area contributed by atoms with Crippen molar-refractivity contribution in [3.63, 3.8) is 0 Å². The maximum Gasteiger partial charge on any atom is 0.255 e. The normalized spacial score (nSPS) is 24.7. The van der Waals surface area contributed by atoms with E-state index in [0.29, 0.717) is 0 Å². The average Bonchev–Trinajstić information content (AvgIpc) is 2.88. The number of primary amides is 1. The monoisotopic (exact) mass is 432 g/mol. The van der Waals surface area contributed by atoms with Gasteiger partial charge in [-0.15, -0.1) is 0 Å². The van der Waals surface area contributed by atoms with Gasteiger partial charge in [0.2, 0.25) is 0 Å². The zero-order chi connectivity index (χ0) is 22.6. The molecule has 0 radical (unpaired) electrons. The number of benzene rings is 1. The number of amides is 1. The molecule has 0 unspecified atom stereocenters. The number of likely N-dealkylation sites (tertiary alicyclic amines) is 1. The maximum absolute atomic E-state index is 11.3. The van der Waals surface area contributed by atoms with Gasteiger partial charge in [-0.2, -0.15) is 0 Å². The molecule has 2 aliphatic rings. The summed E-state index contributed by atoms with van der Waals surface area (Å²) in [6, 6.07) is 6.52. The van der Waals surface area contributed by atoms with Crippen molar-refractivity contribution in [2.45, 2.75) is 57.7 Å². The number of aliphatic hydroxyl groups is 1. The van der Waals surface area contributed by atoms with E-state index in [9.17, 15) is 9.90 Å². The molecule has 31 heavy (non-hydrogen) atoms. The number of nitrogens with two attached hydrogens (primary N) is 1. The highest BCUT2D eigenvalue weighted by atomic mass is 16.5. The van der Waals surface area contributed by atoms with Crippen LogP contribution in [0.25, 0.3) is 0 Å². The van der Waals surface area contributed by atoms with Crippen LogP contribution in [-0.4, -0.2) is 90.8 Å². The molecule has 0 spiro atoms. The van der Waals surface area contributed by atoms with Crippen LogP contribution in [0.3, 0.4) is 0 Å². The molecular weight excluding hydrogens is 392 g/mol. The predicted molar refractivity (Wildman–Crippen MR) is 123 cm³/mol. The smallest absolute Gasteiger partial charge is 0.255 e. The van der Waals surface area contributed by atoms with Crippen LogP contribution in [0.2, 0.25) is 0 Å². The summed E-state index contributed by atoms with van der Waals surface area (Å²) in [6.45, 7) is 13.1. The van der Waals surface area contributed by atoms with Crippen molar-refractivity contribution >= 4 is 5.91 Å². The van der Waals surface area contributed by atoms with Gasteiger partial charge in [-0.3, -0.25) is 14.6 Å². The van der Waals surface area contributed by atoms with Gasteiger partial charge in [0, 0.05) is 57.4 Å². The standard InChI is InChI=1S/C24H40N4O3/c1-24(2,3)19-6-5-18(22(15-19)31-17-23(25)30)16-27-9-7-20(21(29)8-10-27)28-13-11-26(4)12-14-28/h5-6,15,20-21,29H,7-14,16-17H2,1-4H3,(H2,25,30)/t20-,21-/m0/s1. The lowest BCUT2D eigenvalue weighted by molar-refractivity contribution is -0.119. The third kappa shape index (κ3) is 6.65. The summed E-state index contributed by atoms with van der Waals surface area (Å²) < 4.78 is 5.79.